The molecule has 2 bridgehead atoms. The first kappa shape index (κ1) is 14.7. The van der Waals surface area contributed by atoms with E-state index in [2.05, 4.69) is 0 Å². The van der Waals surface area contributed by atoms with Gasteiger partial charge in [0.15, 0.2) is 0 Å². The molecule has 0 aromatic heterocycles. The summed E-state index contributed by atoms with van der Waals surface area (Å²) in [4.78, 5) is 26.2. The molecule has 3 aliphatic heterocycles. The number of ketones is 1. The predicted molar refractivity (Wildman–Crippen MR) is 70.4 cm³/mol. The second kappa shape index (κ2) is 4.41. The van der Waals surface area contributed by atoms with Crippen LogP contribution in [0.3, 0.4) is 0 Å². The summed E-state index contributed by atoms with van der Waals surface area (Å²) in [5, 5.41) is 0. The van der Waals surface area contributed by atoms with Gasteiger partial charge < -0.3 is 18.9 Å². The Morgan fingerprint density at radius 2 is 2.05 bits per heavy atom. The summed E-state index contributed by atoms with van der Waals surface area (Å²) in [7, 11) is 0. The Morgan fingerprint density at radius 3 is 2.67 bits per heavy atom. The van der Waals surface area contributed by atoms with Crippen LogP contribution in [0.5, 0.6) is 0 Å². The van der Waals surface area contributed by atoms with Crippen LogP contribution in [0.25, 0.3) is 0 Å². The molecule has 0 spiro atoms. The number of nitrogens with zero attached hydrogens (tertiary/aromatic N) is 1. The average Bonchev–Trinajstić information content (AvgIpc) is 2.84. The van der Waals surface area contributed by atoms with Gasteiger partial charge in [-0.25, -0.2) is 4.79 Å². The van der Waals surface area contributed by atoms with E-state index in [4.69, 9.17) is 18.9 Å². The number of ether oxygens (including phenoxy) is 4. The minimum absolute atomic E-state index is 0.270. The molecule has 7 nitrogen and oxygen atoms in total. The molecule has 3 fully saturated rings. The molecule has 7 heteroatoms. The van der Waals surface area contributed by atoms with Gasteiger partial charge in [-0.3, -0.25) is 9.69 Å². The highest BCUT2D eigenvalue weighted by Crippen LogP contribution is 2.41. The number of amides is 1. The summed E-state index contributed by atoms with van der Waals surface area (Å²) in [5.41, 5.74) is -1.55. The van der Waals surface area contributed by atoms with E-state index >= 15 is 0 Å². The number of carbonyl (C=O) groups excluding carboxylic acids is 2. The fourth-order valence-electron chi connectivity index (χ4n) is 3.05. The third kappa shape index (κ3) is 2.33. The van der Waals surface area contributed by atoms with Gasteiger partial charge in [0.05, 0.1) is 6.61 Å². The van der Waals surface area contributed by atoms with Crippen molar-refractivity contribution in [2.45, 2.75) is 70.5 Å². The van der Waals surface area contributed by atoms with Crippen LogP contribution >= 0.6 is 0 Å². The number of hydrogen-bond acceptors (Lipinski definition) is 6. The van der Waals surface area contributed by atoms with Crippen molar-refractivity contribution < 1.29 is 28.5 Å². The Kier molecular flexibility index (Phi) is 3.10. The molecular formula is C14H21NO6. The summed E-state index contributed by atoms with van der Waals surface area (Å²) < 4.78 is 22.1. The Bertz CT molecular complexity index is 482. The highest BCUT2D eigenvalue weighted by molar-refractivity contribution is 5.89. The molecule has 0 aromatic rings. The van der Waals surface area contributed by atoms with Gasteiger partial charge in [-0.05, 0) is 34.6 Å². The molecule has 3 rings (SSSR count). The van der Waals surface area contributed by atoms with Crippen LogP contribution in [0, 0.1) is 0 Å². The standard InChI is InChI=1S/C14H21NO6/c1-13(2,3)21-12(17)15-8-7-6-18-11(19-7)9(16)10(8)20-14(15,4)5/h7-8,10-11H,6H2,1-5H3/t7-,8-,10-,11-/m1/s1. The molecule has 1 amide bonds. The molecule has 3 aliphatic rings. The fraction of sp³-hybridized carbons (Fsp3) is 0.857. The van der Waals surface area contributed by atoms with E-state index < -0.39 is 35.9 Å². The Morgan fingerprint density at radius 1 is 1.38 bits per heavy atom. The zero-order valence-electron chi connectivity index (χ0n) is 12.9. The first-order chi connectivity index (χ1) is 9.60. The Hall–Kier alpha value is -1.18. The molecule has 0 saturated carbocycles. The normalized spacial score (nSPS) is 37.6. The maximum absolute atomic E-state index is 12.5. The molecule has 0 radical (unpaired) electrons. The van der Waals surface area contributed by atoms with E-state index in [1.165, 1.54) is 4.90 Å². The van der Waals surface area contributed by atoms with E-state index in [0.717, 1.165) is 0 Å². The lowest BCUT2D eigenvalue weighted by Gasteiger charge is -2.37. The monoisotopic (exact) mass is 299 g/mol. The summed E-state index contributed by atoms with van der Waals surface area (Å²) >= 11 is 0. The molecule has 3 saturated heterocycles. The second-order valence-corrected chi connectivity index (χ2v) is 7.07. The zero-order chi connectivity index (χ0) is 15.6. The highest BCUT2D eigenvalue weighted by Gasteiger charge is 2.63. The number of Topliss-reactive ketones (excluding diaryl/α,β-unsaturated/α-hetero) is 1. The first-order valence-electron chi connectivity index (χ1n) is 7.11. The second-order valence-electron chi connectivity index (χ2n) is 7.07. The Balaban J connectivity index is 1.91. The molecule has 4 atom stereocenters. The van der Waals surface area contributed by atoms with Crippen molar-refractivity contribution >= 4 is 11.9 Å². The van der Waals surface area contributed by atoms with Crippen molar-refractivity contribution in [2.75, 3.05) is 6.61 Å². The minimum Gasteiger partial charge on any atom is -0.444 e. The summed E-state index contributed by atoms with van der Waals surface area (Å²) in [6, 6.07) is -0.513. The summed E-state index contributed by atoms with van der Waals surface area (Å²) in [5.74, 6) is -0.270. The van der Waals surface area contributed by atoms with Gasteiger partial charge in [0.2, 0.25) is 12.1 Å². The van der Waals surface area contributed by atoms with Gasteiger partial charge in [-0.2, -0.15) is 0 Å². The lowest BCUT2D eigenvalue weighted by Crippen LogP contribution is -2.58. The third-order valence-electron chi connectivity index (χ3n) is 3.80. The maximum Gasteiger partial charge on any atom is 0.413 e. The number of hydrogen-bond donors (Lipinski definition) is 0. The van der Waals surface area contributed by atoms with Crippen LogP contribution in [0.15, 0.2) is 0 Å². The van der Waals surface area contributed by atoms with Crippen LogP contribution in [0.1, 0.15) is 34.6 Å². The third-order valence-corrected chi connectivity index (χ3v) is 3.80. The van der Waals surface area contributed by atoms with Crippen molar-refractivity contribution in [2.24, 2.45) is 0 Å². The van der Waals surface area contributed by atoms with Crippen molar-refractivity contribution in [3.05, 3.63) is 0 Å². The number of carbonyl (C=O) groups is 2. The van der Waals surface area contributed by atoms with Gasteiger partial charge in [0.25, 0.3) is 0 Å². The highest BCUT2D eigenvalue weighted by atomic mass is 16.7. The minimum atomic E-state index is -0.929. The van der Waals surface area contributed by atoms with E-state index in [-0.39, 0.29) is 18.5 Å². The average molecular weight is 299 g/mol. The van der Waals surface area contributed by atoms with Crippen LogP contribution in [0.4, 0.5) is 4.79 Å². The largest absolute Gasteiger partial charge is 0.444 e. The zero-order valence-corrected chi connectivity index (χ0v) is 12.9. The predicted octanol–water partition coefficient (Wildman–Crippen LogP) is 1.05. The van der Waals surface area contributed by atoms with Crippen LogP contribution < -0.4 is 0 Å². The summed E-state index contributed by atoms with van der Waals surface area (Å²) in [6.07, 6.45) is -2.47. The van der Waals surface area contributed by atoms with E-state index in [9.17, 15) is 9.59 Å². The maximum atomic E-state index is 12.5. The van der Waals surface area contributed by atoms with Gasteiger partial charge in [0, 0.05) is 0 Å². The fourth-order valence-corrected chi connectivity index (χ4v) is 3.05. The topological polar surface area (TPSA) is 74.3 Å². The van der Waals surface area contributed by atoms with Crippen molar-refractivity contribution in [3.8, 4) is 0 Å². The first-order valence-corrected chi connectivity index (χ1v) is 7.11. The molecule has 118 valence electrons. The van der Waals surface area contributed by atoms with Crippen molar-refractivity contribution in [3.63, 3.8) is 0 Å². The molecule has 0 aromatic carbocycles. The quantitative estimate of drug-likeness (QED) is 0.665. The van der Waals surface area contributed by atoms with Gasteiger partial charge in [0.1, 0.15) is 29.6 Å². The van der Waals surface area contributed by atoms with Crippen molar-refractivity contribution in [1.29, 1.82) is 0 Å². The smallest absolute Gasteiger partial charge is 0.413 e. The number of rotatable bonds is 0. The molecule has 0 aliphatic carbocycles. The SMILES string of the molecule is CC(C)(C)OC(=O)N1[C@@H]2[C@H]3CO[C@H](O3)C(=O)[C@@H]2OC1(C)C. The molecule has 0 unspecified atom stereocenters. The van der Waals surface area contributed by atoms with Crippen LogP contribution in [0.2, 0.25) is 0 Å². The molecular weight excluding hydrogens is 278 g/mol. The lowest BCUT2D eigenvalue weighted by molar-refractivity contribution is -0.169. The number of fused-ring (bicyclic) bond motifs is 4. The molecule has 21 heavy (non-hydrogen) atoms. The van der Waals surface area contributed by atoms with E-state index in [1.807, 2.05) is 0 Å². The molecule has 0 N–H and O–H groups in total. The van der Waals surface area contributed by atoms with Gasteiger partial charge in [-0.15, -0.1) is 0 Å². The summed E-state index contributed by atoms with van der Waals surface area (Å²) in [6.45, 7) is 9.15. The Labute approximate surface area is 123 Å². The molecule has 3 heterocycles. The lowest BCUT2D eigenvalue weighted by atomic mass is 9.99. The van der Waals surface area contributed by atoms with Crippen LogP contribution in [-0.2, 0) is 23.7 Å². The van der Waals surface area contributed by atoms with E-state index in [0.29, 0.717) is 0 Å². The van der Waals surface area contributed by atoms with Gasteiger partial charge in [-0.1, -0.05) is 0 Å². The van der Waals surface area contributed by atoms with E-state index in [1.54, 1.807) is 34.6 Å². The van der Waals surface area contributed by atoms with Crippen LogP contribution in [-0.4, -0.2) is 59.2 Å². The van der Waals surface area contributed by atoms with Crippen molar-refractivity contribution in [1.82, 2.24) is 4.90 Å². The van der Waals surface area contributed by atoms with Gasteiger partial charge >= 0.3 is 6.09 Å².